The summed E-state index contributed by atoms with van der Waals surface area (Å²) in [7, 11) is -1.84. The number of nitrogens with zero attached hydrogens (tertiary/aromatic N) is 2. The summed E-state index contributed by atoms with van der Waals surface area (Å²) in [5.41, 5.74) is 1.13. The molecule has 0 radical (unpaired) electrons. The Kier molecular flexibility index (Phi) is 6.37. The van der Waals surface area contributed by atoms with Crippen molar-refractivity contribution in [1.29, 1.82) is 0 Å². The molecule has 7 nitrogen and oxygen atoms in total. The lowest BCUT2D eigenvalue weighted by molar-refractivity contribution is -0.0500. The van der Waals surface area contributed by atoms with Crippen LogP contribution in [0.4, 0.5) is 9.59 Å². The smallest absolute Gasteiger partial charge is 0.429 e. The van der Waals surface area contributed by atoms with Crippen molar-refractivity contribution in [3.63, 3.8) is 0 Å². The second kappa shape index (κ2) is 8.12. The molecule has 0 aromatic carbocycles. The van der Waals surface area contributed by atoms with E-state index in [1.807, 2.05) is 0 Å². The minimum absolute atomic E-state index is 0.197. The standard InChI is InChI=1S/C17H30N2O5Si/c1-6-22-16(20)18-12-15(24-25(3,4)5)13-10-8-9-11-14(13)19(18)17(21)23-7-2/h14H,6-12H2,1-5H3. The predicted octanol–water partition coefficient (Wildman–Crippen LogP) is 3.88. The third kappa shape index (κ3) is 4.68. The van der Waals surface area contributed by atoms with E-state index in [9.17, 15) is 9.59 Å². The van der Waals surface area contributed by atoms with Gasteiger partial charge in [-0.3, -0.25) is 0 Å². The first-order chi connectivity index (χ1) is 11.8. The molecule has 1 unspecified atom stereocenters. The van der Waals surface area contributed by atoms with Gasteiger partial charge < -0.3 is 13.9 Å². The van der Waals surface area contributed by atoms with Crippen LogP contribution < -0.4 is 0 Å². The highest BCUT2D eigenvalue weighted by Gasteiger charge is 2.44. The molecule has 1 aliphatic heterocycles. The van der Waals surface area contributed by atoms with Gasteiger partial charge in [0.1, 0.15) is 12.3 Å². The molecule has 0 aromatic rings. The molecule has 1 aliphatic carbocycles. The summed E-state index contributed by atoms with van der Waals surface area (Å²) in [6.07, 6.45) is 2.70. The van der Waals surface area contributed by atoms with E-state index in [-0.39, 0.29) is 25.8 Å². The van der Waals surface area contributed by atoms with Gasteiger partial charge in [0.05, 0.1) is 19.3 Å². The van der Waals surface area contributed by atoms with Crippen molar-refractivity contribution >= 4 is 20.5 Å². The van der Waals surface area contributed by atoms with Crippen molar-refractivity contribution in [2.75, 3.05) is 19.8 Å². The number of ether oxygens (including phenoxy) is 2. The molecular weight excluding hydrogens is 340 g/mol. The minimum Gasteiger partial charge on any atom is -0.546 e. The Bertz CT molecular complexity index is 544. The highest BCUT2D eigenvalue weighted by molar-refractivity contribution is 6.70. The number of hydrogen-bond acceptors (Lipinski definition) is 5. The van der Waals surface area contributed by atoms with E-state index >= 15 is 0 Å². The summed E-state index contributed by atoms with van der Waals surface area (Å²) in [6, 6.07) is -0.197. The van der Waals surface area contributed by atoms with Crippen molar-refractivity contribution in [1.82, 2.24) is 10.0 Å². The first kappa shape index (κ1) is 19.6. The van der Waals surface area contributed by atoms with Crippen molar-refractivity contribution in [2.24, 2.45) is 0 Å². The third-order valence-electron chi connectivity index (χ3n) is 4.15. The van der Waals surface area contributed by atoms with E-state index < -0.39 is 20.5 Å². The molecule has 2 aliphatic rings. The average molecular weight is 371 g/mol. The SMILES string of the molecule is CCOC(=O)N1CC(O[Si](C)(C)C)=C2CCCCC2N1C(=O)OCC. The Morgan fingerprint density at radius 1 is 1.08 bits per heavy atom. The summed E-state index contributed by atoms with van der Waals surface area (Å²) >= 11 is 0. The zero-order chi connectivity index (χ0) is 18.6. The van der Waals surface area contributed by atoms with Crippen molar-refractivity contribution in [3.05, 3.63) is 11.3 Å². The van der Waals surface area contributed by atoms with E-state index in [0.29, 0.717) is 0 Å². The van der Waals surface area contributed by atoms with Crippen molar-refractivity contribution < 1.29 is 23.5 Å². The molecular formula is C17H30N2O5Si. The predicted molar refractivity (Wildman–Crippen MR) is 96.3 cm³/mol. The summed E-state index contributed by atoms with van der Waals surface area (Å²) in [6.45, 7) is 10.6. The van der Waals surface area contributed by atoms with Crippen LogP contribution >= 0.6 is 0 Å². The number of hydrogen-bond donors (Lipinski definition) is 0. The molecule has 2 rings (SSSR count). The van der Waals surface area contributed by atoms with Crippen LogP contribution in [0, 0.1) is 0 Å². The summed E-state index contributed by atoms with van der Waals surface area (Å²) in [5.74, 6) is 0.831. The molecule has 0 aromatic heterocycles. The molecule has 8 heteroatoms. The maximum Gasteiger partial charge on any atom is 0.429 e. The molecule has 142 valence electrons. The van der Waals surface area contributed by atoms with E-state index in [2.05, 4.69) is 19.6 Å². The number of carbonyl (C=O) groups is 2. The van der Waals surface area contributed by atoms with Crippen LogP contribution in [0.3, 0.4) is 0 Å². The number of hydrazine groups is 1. The highest BCUT2D eigenvalue weighted by atomic mass is 28.4. The maximum atomic E-state index is 12.6. The minimum atomic E-state index is -1.84. The van der Waals surface area contributed by atoms with Crippen LogP contribution in [0.5, 0.6) is 0 Å². The van der Waals surface area contributed by atoms with Gasteiger partial charge in [-0.25, -0.2) is 19.6 Å². The second-order valence-electron chi connectivity index (χ2n) is 7.22. The lowest BCUT2D eigenvalue weighted by atomic mass is 9.87. The van der Waals surface area contributed by atoms with Gasteiger partial charge in [0.2, 0.25) is 8.32 Å². The van der Waals surface area contributed by atoms with Gasteiger partial charge in [-0.1, -0.05) is 6.42 Å². The lowest BCUT2D eigenvalue weighted by Gasteiger charge is -2.46. The van der Waals surface area contributed by atoms with Crippen LogP contribution in [0.1, 0.15) is 39.5 Å². The monoisotopic (exact) mass is 370 g/mol. The Labute approximate surface area is 151 Å². The molecule has 25 heavy (non-hydrogen) atoms. The number of rotatable bonds is 4. The quantitative estimate of drug-likeness (QED) is 0.703. The Morgan fingerprint density at radius 3 is 2.32 bits per heavy atom. The molecule has 0 spiro atoms. The zero-order valence-electron chi connectivity index (χ0n) is 16.0. The van der Waals surface area contributed by atoms with Gasteiger partial charge >= 0.3 is 12.2 Å². The number of fused-ring (bicyclic) bond motifs is 1. The molecule has 0 N–H and O–H groups in total. The molecule has 1 heterocycles. The van der Waals surface area contributed by atoms with Crippen LogP contribution in [0.2, 0.25) is 19.6 Å². The van der Waals surface area contributed by atoms with E-state index in [4.69, 9.17) is 13.9 Å². The zero-order valence-corrected chi connectivity index (χ0v) is 17.0. The van der Waals surface area contributed by atoms with Crippen molar-refractivity contribution in [3.8, 4) is 0 Å². The Hall–Kier alpha value is -1.70. The van der Waals surface area contributed by atoms with Crippen LogP contribution in [-0.4, -0.2) is 56.3 Å². The molecule has 1 saturated carbocycles. The van der Waals surface area contributed by atoms with Gasteiger partial charge in [-0.15, -0.1) is 0 Å². The molecule has 0 saturated heterocycles. The molecule has 1 atom stereocenters. The second-order valence-corrected chi connectivity index (χ2v) is 11.7. The van der Waals surface area contributed by atoms with Crippen LogP contribution in [0.15, 0.2) is 11.3 Å². The van der Waals surface area contributed by atoms with Gasteiger partial charge in [0, 0.05) is 0 Å². The fourth-order valence-corrected chi connectivity index (χ4v) is 4.24. The third-order valence-corrected chi connectivity index (χ3v) is 5.00. The fraction of sp³-hybridized carbons (Fsp3) is 0.765. The maximum absolute atomic E-state index is 12.6. The lowest BCUT2D eigenvalue weighted by Crippen LogP contribution is -2.60. The Morgan fingerprint density at radius 2 is 1.72 bits per heavy atom. The van der Waals surface area contributed by atoms with Gasteiger partial charge in [-0.05, 0) is 58.3 Å². The average Bonchev–Trinajstić information content (AvgIpc) is 2.53. The van der Waals surface area contributed by atoms with Crippen molar-refractivity contribution in [2.45, 2.75) is 65.2 Å². The molecule has 1 fully saturated rings. The van der Waals surface area contributed by atoms with Gasteiger partial charge in [0.15, 0.2) is 0 Å². The molecule has 0 bridgehead atoms. The van der Waals surface area contributed by atoms with E-state index in [0.717, 1.165) is 37.0 Å². The summed E-state index contributed by atoms with van der Waals surface area (Å²) < 4.78 is 16.7. The van der Waals surface area contributed by atoms with E-state index in [1.54, 1.807) is 13.8 Å². The van der Waals surface area contributed by atoms with Crippen LogP contribution in [-0.2, 0) is 13.9 Å². The van der Waals surface area contributed by atoms with Gasteiger partial charge in [0.25, 0.3) is 0 Å². The normalized spacial score (nSPS) is 20.9. The fourth-order valence-electron chi connectivity index (χ4n) is 3.30. The van der Waals surface area contributed by atoms with Crippen LogP contribution in [0.25, 0.3) is 0 Å². The van der Waals surface area contributed by atoms with Gasteiger partial charge in [-0.2, -0.15) is 0 Å². The number of carbonyl (C=O) groups excluding carboxylic acids is 2. The first-order valence-corrected chi connectivity index (χ1v) is 12.5. The Balaban J connectivity index is 2.42. The largest absolute Gasteiger partial charge is 0.546 e. The topological polar surface area (TPSA) is 68.3 Å². The summed E-state index contributed by atoms with van der Waals surface area (Å²) in [4.78, 5) is 25.1. The summed E-state index contributed by atoms with van der Waals surface area (Å²) in [5, 5.41) is 2.78. The molecule has 2 amide bonds. The highest BCUT2D eigenvalue weighted by Crippen LogP contribution is 2.37. The number of amides is 2. The van der Waals surface area contributed by atoms with E-state index in [1.165, 1.54) is 10.0 Å². The first-order valence-electron chi connectivity index (χ1n) is 9.09.